The topological polar surface area (TPSA) is 12.0 Å². The lowest BCUT2D eigenvalue weighted by Crippen LogP contribution is -2.48. The first-order valence-electron chi connectivity index (χ1n) is 6.29. The molecular formula is C15H25N. The molecule has 1 rings (SSSR count). The van der Waals surface area contributed by atoms with Crippen molar-refractivity contribution in [3.63, 3.8) is 0 Å². The molecule has 1 nitrogen and oxygen atoms in total. The SMILES string of the molecule is CCNC(C(C)C)C(C)(C)c1ccccc1. The third kappa shape index (κ3) is 2.85. The third-order valence-corrected chi connectivity index (χ3v) is 3.39. The van der Waals surface area contributed by atoms with E-state index in [1.54, 1.807) is 0 Å². The molecule has 1 heteroatoms. The lowest BCUT2D eigenvalue weighted by Gasteiger charge is -2.38. The summed E-state index contributed by atoms with van der Waals surface area (Å²) in [4.78, 5) is 0. The number of likely N-dealkylation sites (N-methyl/N-ethyl adjacent to an activating group) is 1. The Kier molecular flexibility index (Phi) is 4.55. The highest BCUT2D eigenvalue weighted by Gasteiger charge is 2.32. The fourth-order valence-electron chi connectivity index (χ4n) is 2.59. The highest BCUT2D eigenvalue weighted by molar-refractivity contribution is 5.26. The third-order valence-electron chi connectivity index (χ3n) is 3.39. The van der Waals surface area contributed by atoms with Crippen molar-refractivity contribution in [2.24, 2.45) is 5.92 Å². The molecule has 16 heavy (non-hydrogen) atoms. The highest BCUT2D eigenvalue weighted by atomic mass is 14.9. The van der Waals surface area contributed by atoms with Crippen LogP contribution in [0.3, 0.4) is 0 Å². The van der Waals surface area contributed by atoms with Crippen molar-refractivity contribution in [1.29, 1.82) is 0 Å². The second kappa shape index (κ2) is 5.49. The molecule has 90 valence electrons. The first-order chi connectivity index (χ1) is 7.50. The molecule has 1 unspecified atom stereocenters. The van der Waals surface area contributed by atoms with Crippen molar-refractivity contribution in [1.82, 2.24) is 5.32 Å². The van der Waals surface area contributed by atoms with Crippen LogP contribution in [-0.2, 0) is 5.41 Å². The summed E-state index contributed by atoms with van der Waals surface area (Å²) in [5, 5.41) is 3.62. The van der Waals surface area contributed by atoms with Crippen LogP contribution in [0.15, 0.2) is 30.3 Å². The molecule has 0 amide bonds. The molecule has 0 saturated heterocycles. The Morgan fingerprint density at radius 2 is 1.69 bits per heavy atom. The quantitative estimate of drug-likeness (QED) is 0.798. The van der Waals surface area contributed by atoms with Gasteiger partial charge in [-0.15, -0.1) is 0 Å². The lowest BCUT2D eigenvalue weighted by atomic mass is 9.73. The summed E-state index contributed by atoms with van der Waals surface area (Å²) in [6.45, 7) is 12.4. The monoisotopic (exact) mass is 219 g/mol. The van der Waals surface area contributed by atoms with Gasteiger partial charge in [0.2, 0.25) is 0 Å². The van der Waals surface area contributed by atoms with Gasteiger partial charge in [-0.25, -0.2) is 0 Å². The molecule has 0 aromatic heterocycles. The Balaban J connectivity index is 2.98. The average molecular weight is 219 g/mol. The van der Waals surface area contributed by atoms with Gasteiger partial charge in [-0.05, 0) is 18.0 Å². The molecule has 1 aromatic carbocycles. The van der Waals surface area contributed by atoms with E-state index in [9.17, 15) is 0 Å². The summed E-state index contributed by atoms with van der Waals surface area (Å²) in [7, 11) is 0. The van der Waals surface area contributed by atoms with E-state index in [1.165, 1.54) is 5.56 Å². The molecule has 0 aliphatic carbocycles. The number of hydrogen-bond donors (Lipinski definition) is 1. The summed E-state index contributed by atoms with van der Waals surface area (Å²) in [6, 6.07) is 11.3. The predicted octanol–water partition coefficient (Wildman–Crippen LogP) is 3.60. The molecule has 0 heterocycles. The van der Waals surface area contributed by atoms with E-state index in [1.807, 2.05) is 0 Å². The van der Waals surface area contributed by atoms with Crippen molar-refractivity contribution < 1.29 is 0 Å². The fraction of sp³-hybridized carbons (Fsp3) is 0.600. The van der Waals surface area contributed by atoms with Gasteiger partial charge in [0, 0.05) is 11.5 Å². The number of hydrogen-bond acceptors (Lipinski definition) is 1. The van der Waals surface area contributed by atoms with Crippen LogP contribution in [0.25, 0.3) is 0 Å². The van der Waals surface area contributed by atoms with Crippen molar-refractivity contribution in [2.75, 3.05) is 6.54 Å². The Bertz CT molecular complexity index is 300. The minimum absolute atomic E-state index is 0.172. The maximum absolute atomic E-state index is 3.62. The largest absolute Gasteiger partial charge is 0.313 e. The van der Waals surface area contributed by atoms with Crippen LogP contribution >= 0.6 is 0 Å². The highest BCUT2D eigenvalue weighted by Crippen LogP contribution is 2.30. The van der Waals surface area contributed by atoms with E-state index in [4.69, 9.17) is 0 Å². The molecule has 0 aliphatic rings. The molecule has 0 spiro atoms. The Labute approximate surface area is 100 Å². The zero-order valence-corrected chi connectivity index (χ0v) is 11.2. The maximum atomic E-state index is 3.62. The van der Waals surface area contributed by atoms with E-state index < -0.39 is 0 Å². The van der Waals surface area contributed by atoms with Gasteiger partial charge in [-0.2, -0.15) is 0 Å². The minimum atomic E-state index is 0.172. The van der Waals surface area contributed by atoms with Crippen molar-refractivity contribution in [3.05, 3.63) is 35.9 Å². The van der Waals surface area contributed by atoms with Crippen molar-refractivity contribution in [2.45, 2.75) is 46.1 Å². The summed E-state index contributed by atoms with van der Waals surface area (Å²) < 4.78 is 0. The van der Waals surface area contributed by atoms with Gasteiger partial charge in [-0.1, -0.05) is 65.0 Å². The zero-order chi connectivity index (χ0) is 12.2. The van der Waals surface area contributed by atoms with Crippen molar-refractivity contribution in [3.8, 4) is 0 Å². The number of nitrogens with one attached hydrogen (secondary N) is 1. The van der Waals surface area contributed by atoms with E-state index in [2.05, 4.69) is 70.3 Å². The van der Waals surface area contributed by atoms with E-state index >= 15 is 0 Å². The summed E-state index contributed by atoms with van der Waals surface area (Å²) in [5.41, 5.74) is 1.58. The summed E-state index contributed by atoms with van der Waals surface area (Å²) in [6.07, 6.45) is 0. The van der Waals surface area contributed by atoms with Crippen LogP contribution in [0.1, 0.15) is 40.2 Å². The molecule has 0 aliphatic heterocycles. The molecule has 1 atom stereocenters. The van der Waals surface area contributed by atoms with Gasteiger partial charge in [0.15, 0.2) is 0 Å². The van der Waals surface area contributed by atoms with Gasteiger partial charge >= 0.3 is 0 Å². The van der Waals surface area contributed by atoms with Gasteiger partial charge < -0.3 is 5.32 Å². The second-order valence-electron chi connectivity index (χ2n) is 5.37. The van der Waals surface area contributed by atoms with Crippen LogP contribution in [0, 0.1) is 5.92 Å². The van der Waals surface area contributed by atoms with Gasteiger partial charge in [0.05, 0.1) is 0 Å². The fourth-order valence-corrected chi connectivity index (χ4v) is 2.59. The Hall–Kier alpha value is -0.820. The predicted molar refractivity (Wildman–Crippen MR) is 71.8 cm³/mol. The molecule has 0 radical (unpaired) electrons. The molecule has 0 fully saturated rings. The van der Waals surface area contributed by atoms with Crippen LogP contribution in [0.2, 0.25) is 0 Å². The second-order valence-corrected chi connectivity index (χ2v) is 5.37. The first-order valence-corrected chi connectivity index (χ1v) is 6.29. The maximum Gasteiger partial charge on any atom is 0.0181 e. The summed E-state index contributed by atoms with van der Waals surface area (Å²) in [5.74, 6) is 0.634. The van der Waals surface area contributed by atoms with E-state index in [0.29, 0.717) is 12.0 Å². The molecule has 0 saturated carbocycles. The number of benzene rings is 1. The van der Waals surface area contributed by atoms with E-state index in [0.717, 1.165) is 6.54 Å². The minimum Gasteiger partial charge on any atom is -0.313 e. The van der Waals surface area contributed by atoms with Crippen LogP contribution in [0.5, 0.6) is 0 Å². The lowest BCUT2D eigenvalue weighted by molar-refractivity contribution is 0.274. The van der Waals surface area contributed by atoms with Gasteiger partial charge in [0.25, 0.3) is 0 Å². The average Bonchev–Trinajstić information content (AvgIpc) is 2.26. The van der Waals surface area contributed by atoms with Crippen LogP contribution in [-0.4, -0.2) is 12.6 Å². The van der Waals surface area contributed by atoms with E-state index in [-0.39, 0.29) is 5.41 Å². The smallest absolute Gasteiger partial charge is 0.0181 e. The summed E-state index contributed by atoms with van der Waals surface area (Å²) >= 11 is 0. The van der Waals surface area contributed by atoms with Crippen LogP contribution in [0.4, 0.5) is 0 Å². The normalized spacial score (nSPS) is 14.1. The van der Waals surface area contributed by atoms with Gasteiger partial charge in [-0.3, -0.25) is 0 Å². The first kappa shape index (κ1) is 13.2. The Morgan fingerprint density at radius 1 is 1.12 bits per heavy atom. The Morgan fingerprint density at radius 3 is 2.12 bits per heavy atom. The zero-order valence-electron chi connectivity index (χ0n) is 11.2. The molecule has 0 bridgehead atoms. The van der Waals surface area contributed by atoms with Gasteiger partial charge in [0.1, 0.15) is 0 Å². The van der Waals surface area contributed by atoms with Crippen LogP contribution < -0.4 is 5.32 Å². The molecular weight excluding hydrogens is 194 g/mol. The van der Waals surface area contributed by atoms with Crippen molar-refractivity contribution >= 4 is 0 Å². The molecule has 1 aromatic rings. The standard InChI is InChI=1S/C15H25N/c1-6-16-14(12(2)3)15(4,5)13-10-8-7-9-11-13/h7-12,14,16H,6H2,1-5H3. The number of rotatable bonds is 5. The molecule has 1 N–H and O–H groups in total.